The SMILES string of the molecule is CCOC(=O)c1sc2nc(C)n(C[C@H](O)COc3ccccc3)c(=O)c2c1C. The molecule has 0 aliphatic rings. The molecule has 3 aromatic rings. The molecule has 0 radical (unpaired) electrons. The summed E-state index contributed by atoms with van der Waals surface area (Å²) in [7, 11) is 0. The van der Waals surface area contributed by atoms with Crippen LogP contribution in [-0.4, -0.2) is 39.9 Å². The number of benzene rings is 1. The van der Waals surface area contributed by atoms with Crippen LogP contribution < -0.4 is 10.3 Å². The topological polar surface area (TPSA) is 90.7 Å². The Kier molecular flexibility index (Phi) is 6.11. The summed E-state index contributed by atoms with van der Waals surface area (Å²) in [5.41, 5.74) is 0.269. The number of thiophene rings is 1. The highest BCUT2D eigenvalue weighted by molar-refractivity contribution is 7.20. The number of fused-ring (bicyclic) bond motifs is 1. The molecule has 1 atom stereocenters. The van der Waals surface area contributed by atoms with E-state index < -0.39 is 12.1 Å². The number of aliphatic hydroxyl groups excluding tert-OH is 1. The van der Waals surface area contributed by atoms with E-state index in [0.717, 1.165) is 11.3 Å². The normalized spacial score (nSPS) is 12.1. The second-order valence-corrected chi connectivity index (χ2v) is 7.31. The van der Waals surface area contributed by atoms with Gasteiger partial charge in [-0.05, 0) is 38.5 Å². The predicted octanol–water partition coefficient (Wildman–Crippen LogP) is 2.69. The minimum Gasteiger partial charge on any atom is -0.491 e. The lowest BCUT2D eigenvalue weighted by molar-refractivity contribution is 0.0531. The molecule has 0 aliphatic carbocycles. The van der Waals surface area contributed by atoms with Gasteiger partial charge in [0.05, 0.1) is 18.5 Å². The van der Waals surface area contributed by atoms with Crippen molar-refractivity contribution in [3.05, 3.63) is 57.0 Å². The van der Waals surface area contributed by atoms with Gasteiger partial charge in [0.2, 0.25) is 0 Å². The van der Waals surface area contributed by atoms with Crippen molar-refractivity contribution in [3.8, 4) is 5.75 Å². The summed E-state index contributed by atoms with van der Waals surface area (Å²) < 4.78 is 12.0. The van der Waals surface area contributed by atoms with Gasteiger partial charge in [0.15, 0.2) is 0 Å². The van der Waals surface area contributed by atoms with E-state index in [-0.39, 0.29) is 25.3 Å². The molecular weight excluding hydrogens is 380 g/mol. The van der Waals surface area contributed by atoms with Gasteiger partial charge in [0.1, 0.15) is 34.0 Å². The number of carbonyl (C=O) groups excluding carboxylic acids is 1. The van der Waals surface area contributed by atoms with Crippen LogP contribution in [0, 0.1) is 13.8 Å². The van der Waals surface area contributed by atoms with E-state index in [1.54, 1.807) is 32.9 Å². The van der Waals surface area contributed by atoms with Crippen molar-refractivity contribution >= 4 is 27.5 Å². The first-order valence-corrected chi connectivity index (χ1v) is 9.77. The molecule has 0 saturated carbocycles. The fourth-order valence-electron chi connectivity index (χ4n) is 2.90. The molecule has 2 heterocycles. The zero-order valence-corrected chi connectivity index (χ0v) is 16.8. The van der Waals surface area contributed by atoms with Crippen molar-refractivity contribution in [2.45, 2.75) is 33.4 Å². The van der Waals surface area contributed by atoms with Gasteiger partial charge in [-0.1, -0.05) is 18.2 Å². The van der Waals surface area contributed by atoms with Crippen molar-refractivity contribution in [1.29, 1.82) is 0 Å². The average molecular weight is 402 g/mol. The summed E-state index contributed by atoms with van der Waals surface area (Å²) in [5, 5.41) is 10.7. The van der Waals surface area contributed by atoms with Gasteiger partial charge in [-0.3, -0.25) is 9.36 Å². The number of ether oxygens (including phenoxy) is 2. The van der Waals surface area contributed by atoms with Crippen LogP contribution in [-0.2, 0) is 11.3 Å². The highest BCUT2D eigenvalue weighted by Crippen LogP contribution is 2.28. The molecule has 28 heavy (non-hydrogen) atoms. The fourth-order valence-corrected chi connectivity index (χ4v) is 4.01. The van der Waals surface area contributed by atoms with Gasteiger partial charge in [0, 0.05) is 0 Å². The zero-order chi connectivity index (χ0) is 20.3. The van der Waals surface area contributed by atoms with Crippen LogP contribution in [0.2, 0.25) is 0 Å². The summed E-state index contributed by atoms with van der Waals surface area (Å²) in [6, 6.07) is 9.15. The van der Waals surface area contributed by atoms with Crippen LogP contribution in [0.1, 0.15) is 28.0 Å². The summed E-state index contributed by atoms with van der Waals surface area (Å²) in [6.45, 7) is 5.49. The molecule has 3 rings (SSSR count). The lowest BCUT2D eigenvalue weighted by Crippen LogP contribution is -2.32. The Bertz CT molecular complexity index is 1040. The van der Waals surface area contributed by atoms with Crippen LogP contribution >= 0.6 is 11.3 Å². The van der Waals surface area contributed by atoms with E-state index in [1.807, 2.05) is 18.2 Å². The summed E-state index contributed by atoms with van der Waals surface area (Å²) in [6.07, 6.45) is -0.890. The van der Waals surface area contributed by atoms with E-state index in [4.69, 9.17) is 9.47 Å². The van der Waals surface area contributed by atoms with Crippen LogP contribution in [0.15, 0.2) is 35.1 Å². The molecule has 1 aromatic carbocycles. The number of nitrogens with zero attached hydrogens (tertiary/aromatic N) is 2. The van der Waals surface area contributed by atoms with Crippen LogP contribution in [0.5, 0.6) is 5.75 Å². The molecule has 0 unspecified atom stereocenters. The molecule has 8 heteroatoms. The van der Waals surface area contributed by atoms with Crippen molar-refractivity contribution in [2.75, 3.05) is 13.2 Å². The standard InChI is InChI=1S/C20H22N2O5S/c1-4-26-20(25)17-12(2)16-18(28-17)21-13(3)22(19(16)24)10-14(23)11-27-15-8-6-5-7-9-15/h5-9,14,23H,4,10-11H2,1-3H3/t14-/m0/s1. The number of para-hydroxylation sites is 1. The van der Waals surface area contributed by atoms with Crippen LogP contribution in [0.4, 0.5) is 0 Å². The van der Waals surface area contributed by atoms with E-state index in [9.17, 15) is 14.7 Å². The van der Waals surface area contributed by atoms with Crippen molar-refractivity contribution in [1.82, 2.24) is 9.55 Å². The van der Waals surface area contributed by atoms with Gasteiger partial charge in [-0.2, -0.15) is 0 Å². The Balaban J connectivity index is 1.86. The number of aliphatic hydroxyl groups is 1. The molecule has 148 valence electrons. The third-order valence-corrected chi connectivity index (χ3v) is 5.45. The van der Waals surface area contributed by atoms with E-state index in [1.165, 1.54) is 4.57 Å². The monoisotopic (exact) mass is 402 g/mol. The van der Waals surface area contributed by atoms with Crippen LogP contribution in [0.3, 0.4) is 0 Å². The molecule has 0 amide bonds. The first-order chi connectivity index (χ1) is 13.4. The molecule has 7 nitrogen and oxygen atoms in total. The first kappa shape index (κ1) is 20.0. The van der Waals surface area contributed by atoms with E-state index in [2.05, 4.69) is 4.98 Å². The molecule has 0 saturated heterocycles. The number of esters is 1. The van der Waals surface area contributed by atoms with Gasteiger partial charge in [-0.15, -0.1) is 11.3 Å². The second kappa shape index (κ2) is 8.53. The molecule has 0 fully saturated rings. The number of carbonyl (C=O) groups is 1. The van der Waals surface area contributed by atoms with E-state index >= 15 is 0 Å². The largest absolute Gasteiger partial charge is 0.491 e. The molecular formula is C20H22N2O5S. The number of aromatic nitrogens is 2. The Labute approximate surface area is 166 Å². The Hall–Kier alpha value is -2.71. The molecule has 0 aliphatic heterocycles. The van der Waals surface area contributed by atoms with Gasteiger partial charge in [0.25, 0.3) is 5.56 Å². The third kappa shape index (κ3) is 4.07. The summed E-state index contributed by atoms with van der Waals surface area (Å²) in [4.78, 5) is 30.4. The quantitative estimate of drug-likeness (QED) is 0.611. The average Bonchev–Trinajstić information content (AvgIpc) is 3.01. The highest BCUT2D eigenvalue weighted by Gasteiger charge is 2.22. The smallest absolute Gasteiger partial charge is 0.348 e. The number of hydrogen-bond acceptors (Lipinski definition) is 7. The maximum absolute atomic E-state index is 13.0. The lowest BCUT2D eigenvalue weighted by Gasteiger charge is -2.15. The number of aryl methyl sites for hydroxylation is 2. The molecule has 1 N–H and O–H groups in total. The number of hydrogen-bond donors (Lipinski definition) is 1. The minimum absolute atomic E-state index is 0.0461. The van der Waals surface area contributed by atoms with Crippen LogP contribution in [0.25, 0.3) is 10.2 Å². The van der Waals surface area contributed by atoms with Gasteiger partial charge >= 0.3 is 5.97 Å². The Morgan fingerprint density at radius 1 is 1.29 bits per heavy atom. The minimum atomic E-state index is -0.890. The fraction of sp³-hybridized carbons (Fsp3) is 0.350. The lowest BCUT2D eigenvalue weighted by atomic mass is 10.2. The number of rotatable bonds is 7. The van der Waals surface area contributed by atoms with Gasteiger partial charge < -0.3 is 14.6 Å². The Morgan fingerprint density at radius 3 is 2.68 bits per heavy atom. The maximum Gasteiger partial charge on any atom is 0.348 e. The molecule has 2 aromatic heterocycles. The van der Waals surface area contributed by atoms with E-state index in [0.29, 0.717) is 32.2 Å². The zero-order valence-electron chi connectivity index (χ0n) is 16.0. The second-order valence-electron chi connectivity index (χ2n) is 6.31. The summed E-state index contributed by atoms with van der Waals surface area (Å²) >= 11 is 1.15. The molecule has 0 bridgehead atoms. The summed E-state index contributed by atoms with van der Waals surface area (Å²) in [5.74, 6) is 0.655. The van der Waals surface area contributed by atoms with Crippen molar-refractivity contribution < 1.29 is 19.4 Å². The maximum atomic E-state index is 13.0. The first-order valence-electron chi connectivity index (χ1n) is 8.96. The Morgan fingerprint density at radius 2 is 2.00 bits per heavy atom. The predicted molar refractivity (Wildman–Crippen MR) is 107 cm³/mol. The van der Waals surface area contributed by atoms with Crippen molar-refractivity contribution in [2.24, 2.45) is 0 Å². The van der Waals surface area contributed by atoms with Crippen molar-refractivity contribution in [3.63, 3.8) is 0 Å². The molecule has 0 spiro atoms. The third-order valence-electron chi connectivity index (χ3n) is 4.28. The highest BCUT2D eigenvalue weighted by atomic mass is 32.1. The van der Waals surface area contributed by atoms with Gasteiger partial charge in [-0.25, -0.2) is 9.78 Å².